The van der Waals surface area contributed by atoms with Crippen LogP contribution < -0.4 is 21.2 Å². The van der Waals surface area contributed by atoms with Gasteiger partial charge in [0.15, 0.2) is 5.78 Å². The molecule has 2 amide bonds. The Kier molecular flexibility index (Phi) is 7.36. The van der Waals surface area contributed by atoms with E-state index in [-0.39, 0.29) is 23.5 Å². The molecule has 0 bridgehead atoms. The van der Waals surface area contributed by atoms with Crippen LogP contribution in [0.25, 0.3) is 0 Å². The van der Waals surface area contributed by atoms with Crippen molar-refractivity contribution in [3.63, 3.8) is 0 Å². The molecule has 0 saturated carbocycles. The molecule has 4 rings (SSSR count). The van der Waals surface area contributed by atoms with Gasteiger partial charge in [0.2, 0.25) is 11.8 Å². The van der Waals surface area contributed by atoms with Crippen molar-refractivity contribution in [1.29, 1.82) is 0 Å². The summed E-state index contributed by atoms with van der Waals surface area (Å²) in [7, 11) is 0. The lowest BCUT2D eigenvalue weighted by molar-refractivity contribution is -0.134. The number of carbonyl (C=O) groups excluding carboxylic acids is 3. The molecule has 1 aliphatic heterocycles. The number of benzene rings is 3. The second-order valence-corrected chi connectivity index (χ2v) is 11.7. The van der Waals surface area contributed by atoms with Crippen molar-refractivity contribution in [3.8, 4) is 0 Å². The molecule has 0 aliphatic carbocycles. The fourth-order valence-corrected chi connectivity index (χ4v) is 8.39. The first-order valence-electron chi connectivity index (χ1n) is 11.3. The molecule has 0 aromatic heterocycles. The Labute approximate surface area is 195 Å². The summed E-state index contributed by atoms with van der Waals surface area (Å²) in [4.78, 5) is 36.7. The van der Waals surface area contributed by atoms with E-state index in [2.05, 4.69) is 41.7 Å². The van der Waals surface area contributed by atoms with Gasteiger partial charge in [0.05, 0.1) is 0 Å². The van der Waals surface area contributed by atoms with Gasteiger partial charge in [-0.15, -0.1) is 0 Å². The number of nitrogens with one attached hydrogen (secondary N) is 1. The molecule has 4 nitrogen and oxygen atoms in total. The van der Waals surface area contributed by atoms with Crippen LogP contribution in [0.1, 0.15) is 32.1 Å². The largest absolute Gasteiger partial charge is 0.296 e. The summed E-state index contributed by atoms with van der Waals surface area (Å²) in [5.74, 6) is 1.67. The van der Waals surface area contributed by atoms with Crippen molar-refractivity contribution in [2.24, 2.45) is 5.92 Å². The van der Waals surface area contributed by atoms with Gasteiger partial charge in [-0.05, 0) is 47.4 Å². The van der Waals surface area contributed by atoms with Crippen molar-refractivity contribution in [2.45, 2.75) is 32.1 Å². The molecule has 168 valence electrons. The van der Waals surface area contributed by atoms with E-state index in [0.29, 0.717) is 32.1 Å². The zero-order valence-electron chi connectivity index (χ0n) is 18.5. The average molecular weight is 458 g/mol. The normalized spacial score (nSPS) is 14.5. The third kappa shape index (κ3) is 5.40. The predicted octanol–water partition coefficient (Wildman–Crippen LogP) is 3.57. The van der Waals surface area contributed by atoms with Gasteiger partial charge in [-0.2, -0.15) is 0 Å². The summed E-state index contributed by atoms with van der Waals surface area (Å²) < 4.78 is 0. The van der Waals surface area contributed by atoms with Crippen LogP contribution in [0.15, 0.2) is 91.0 Å². The first-order chi connectivity index (χ1) is 16.1. The van der Waals surface area contributed by atoms with Gasteiger partial charge in [-0.25, -0.2) is 0 Å². The number of amides is 2. The molecular formula is C28H28NO3P. The number of rotatable bonds is 8. The molecule has 3 aromatic rings. The molecule has 5 heteroatoms. The van der Waals surface area contributed by atoms with E-state index in [0.717, 1.165) is 15.9 Å². The minimum atomic E-state index is -2.29. The van der Waals surface area contributed by atoms with Crippen LogP contribution in [0.4, 0.5) is 0 Å². The summed E-state index contributed by atoms with van der Waals surface area (Å²) in [5, 5.41) is 5.78. The maximum Gasteiger partial charge on any atom is 0.226 e. The molecule has 0 spiro atoms. The number of carbonyl (C=O) groups is 3. The van der Waals surface area contributed by atoms with Gasteiger partial charge in [-0.3, -0.25) is 19.7 Å². The summed E-state index contributed by atoms with van der Waals surface area (Å²) >= 11 is 0. The Morgan fingerprint density at radius 1 is 0.758 bits per heavy atom. The average Bonchev–Trinajstić information content (AvgIpc) is 2.84. The second kappa shape index (κ2) is 10.6. The van der Waals surface area contributed by atoms with E-state index in [1.165, 1.54) is 0 Å². The van der Waals surface area contributed by atoms with Gasteiger partial charge in [0, 0.05) is 19.3 Å². The Balaban J connectivity index is 1.68. The molecule has 0 atom stereocenters. The van der Waals surface area contributed by atoms with Gasteiger partial charge in [-0.1, -0.05) is 91.0 Å². The summed E-state index contributed by atoms with van der Waals surface area (Å²) in [6, 6.07) is 30.8. The smallest absolute Gasteiger partial charge is 0.226 e. The van der Waals surface area contributed by atoms with Crippen LogP contribution in [-0.2, 0) is 14.4 Å². The zero-order chi connectivity index (χ0) is 23.1. The Bertz CT molecular complexity index is 1050. The Morgan fingerprint density at radius 2 is 1.18 bits per heavy atom. The van der Waals surface area contributed by atoms with Gasteiger partial charge < -0.3 is 0 Å². The Hall–Kier alpha value is -3.23. The first kappa shape index (κ1) is 22.9. The van der Waals surface area contributed by atoms with E-state index in [1.54, 1.807) is 0 Å². The summed E-state index contributed by atoms with van der Waals surface area (Å²) in [6.07, 6.45) is 2.49. The summed E-state index contributed by atoms with van der Waals surface area (Å²) in [6.45, 7) is -2.29. The minimum Gasteiger partial charge on any atom is -0.296 e. The molecule has 1 aliphatic rings. The third-order valence-electron chi connectivity index (χ3n) is 6.09. The monoisotopic (exact) mass is 457 g/mol. The number of piperidine rings is 1. The molecule has 33 heavy (non-hydrogen) atoms. The fourth-order valence-electron chi connectivity index (χ4n) is 4.56. The first-order valence-corrected chi connectivity index (χ1v) is 13.2. The van der Waals surface area contributed by atoms with Gasteiger partial charge >= 0.3 is 0 Å². The van der Waals surface area contributed by atoms with Crippen LogP contribution in [0.2, 0.25) is 0 Å². The molecule has 1 N–H and O–H groups in total. The molecular weight excluding hydrogens is 429 g/mol. The van der Waals surface area contributed by atoms with E-state index in [9.17, 15) is 14.4 Å². The molecule has 0 radical (unpaired) electrons. The third-order valence-corrected chi connectivity index (χ3v) is 10.1. The van der Waals surface area contributed by atoms with Crippen LogP contribution in [0.5, 0.6) is 0 Å². The van der Waals surface area contributed by atoms with Gasteiger partial charge in [0.25, 0.3) is 0 Å². The molecule has 0 unspecified atom stereocenters. The van der Waals surface area contributed by atoms with Crippen LogP contribution in [0, 0.1) is 5.92 Å². The maximum atomic E-state index is 13.4. The summed E-state index contributed by atoms with van der Waals surface area (Å²) in [5.41, 5.74) is 0. The molecule has 1 saturated heterocycles. The van der Waals surface area contributed by atoms with Crippen LogP contribution in [-0.4, -0.2) is 23.4 Å². The van der Waals surface area contributed by atoms with E-state index in [1.807, 2.05) is 60.4 Å². The SMILES string of the molecule is O=C(C=P(c1ccccc1)(c1ccccc1)c1ccccc1)CCCC1CC(=O)NC(=O)C1. The van der Waals surface area contributed by atoms with Crippen molar-refractivity contribution in [1.82, 2.24) is 5.32 Å². The van der Waals surface area contributed by atoms with Crippen LogP contribution >= 0.6 is 6.89 Å². The zero-order valence-corrected chi connectivity index (χ0v) is 19.4. The Morgan fingerprint density at radius 3 is 1.61 bits per heavy atom. The van der Waals surface area contributed by atoms with Gasteiger partial charge in [0.1, 0.15) is 0 Å². The van der Waals surface area contributed by atoms with Crippen molar-refractivity contribution in [2.75, 3.05) is 0 Å². The van der Waals surface area contributed by atoms with Crippen LogP contribution in [0.3, 0.4) is 0 Å². The number of hydrogen-bond donors (Lipinski definition) is 1. The maximum absolute atomic E-state index is 13.4. The van der Waals surface area contributed by atoms with E-state index < -0.39 is 6.89 Å². The predicted molar refractivity (Wildman–Crippen MR) is 136 cm³/mol. The fraction of sp³-hybridized carbons (Fsp3) is 0.214. The number of Topliss-reactive ketones (excluding diaryl/α,β-unsaturated/α-hetero) is 1. The topological polar surface area (TPSA) is 63.2 Å². The van der Waals surface area contributed by atoms with E-state index in [4.69, 9.17) is 0 Å². The molecule has 1 fully saturated rings. The highest BCUT2D eigenvalue weighted by Gasteiger charge is 2.27. The van der Waals surface area contributed by atoms with Crippen molar-refractivity contribution in [3.05, 3.63) is 91.0 Å². The minimum absolute atomic E-state index is 0.0240. The lowest BCUT2D eigenvalue weighted by atomic mass is 9.91. The van der Waals surface area contributed by atoms with E-state index >= 15 is 0 Å². The molecule has 3 aromatic carbocycles. The number of hydrogen-bond acceptors (Lipinski definition) is 3. The molecule has 1 heterocycles. The van der Waals surface area contributed by atoms with Crippen molar-refractivity contribution >= 4 is 46.2 Å². The second-order valence-electron chi connectivity index (χ2n) is 8.46. The van der Waals surface area contributed by atoms with Crippen molar-refractivity contribution < 1.29 is 14.4 Å². The quantitative estimate of drug-likeness (QED) is 0.416. The number of ketones is 1. The number of imide groups is 1. The lowest BCUT2D eigenvalue weighted by Crippen LogP contribution is -2.38. The highest BCUT2D eigenvalue weighted by Crippen LogP contribution is 2.43. The highest BCUT2D eigenvalue weighted by molar-refractivity contribution is 7.95. The highest BCUT2D eigenvalue weighted by atomic mass is 31.2. The lowest BCUT2D eigenvalue weighted by Gasteiger charge is -2.28. The standard InChI is InChI=1S/C28H28NO3P/c30-23(12-10-11-22-19-27(31)29-28(32)20-22)21-33(24-13-4-1-5-14-24,25-15-6-2-7-16-25)26-17-8-3-9-18-26/h1-9,13-18,21-22H,10-12,19-20H2,(H,29,31,32).